The Bertz CT molecular complexity index is 217. The van der Waals surface area contributed by atoms with Gasteiger partial charge in [-0.3, -0.25) is 9.59 Å². The monoisotopic (exact) mass is 304 g/mol. The van der Waals surface area contributed by atoms with Gasteiger partial charge in [0.15, 0.2) is 0 Å². The van der Waals surface area contributed by atoms with E-state index in [0.717, 1.165) is 0 Å². The molecular weight excluding hydrogens is 287 g/mol. The molecule has 0 saturated heterocycles. The molecule has 0 rings (SSSR count). The molecule has 0 aromatic heterocycles. The first-order valence-electron chi connectivity index (χ1n) is 3.95. The minimum atomic E-state index is -1.08. The fourth-order valence-corrected chi connectivity index (χ4v) is 1.74. The number of aliphatic carboxylic acids is 2. The summed E-state index contributed by atoms with van der Waals surface area (Å²) in [6.45, 7) is 0. The number of carboxylic acid groups (broad SMARTS) is 2. The standard InChI is InChI=1S/C7H14N2O4S.H2Se/c1-9-5(7(12)13)3-14-2-4(8)6(10)11;/h4-5,9H,2-3,8H2,1H3,(H,10,11)(H,12,13);1H2. The predicted molar refractivity (Wildman–Crippen MR) is 62.0 cm³/mol. The average Bonchev–Trinajstić information content (AvgIpc) is 2.11. The number of rotatable bonds is 7. The van der Waals surface area contributed by atoms with Crippen LogP contribution in [0.4, 0.5) is 0 Å². The molecule has 0 amide bonds. The summed E-state index contributed by atoms with van der Waals surface area (Å²) in [6.07, 6.45) is 0. The van der Waals surface area contributed by atoms with Crippen LogP contribution in [-0.2, 0) is 9.59 Å². The fourth-order valence-electron chi connectivity index (χ4n) is 0.662. The zero-order valence-corrected chi connectivity index (χ0v) is 11.2. The maximum absolute atomic E-state index is 10.5. The Morgan fingerprint density at radius 2 is 1.87 bits per heavy atom. The molecule has 15 heavy (non-hydrogen) atoms. The van der Waals surface area contributed by atoms with Crippen molar-refractivity contribution in [2.24, 2.45) is 5.73 Å². The Morgan fingerprint density at radius 3 is 2.20 bits per heavy atom. The summed E-state index contributed by atoms with van der Waals surface area (Å²) in [4.78, 5) is 20.8. The van der Waals surface area contributed by atoms with Crippen LogP contribution in [0.3, 0.4) is 0 Å². The van der Waals surface area contributed by atoms with Crippen LogP contribution in [0, 0.1) is 0 Å². The second-order valence-corrected chi connectivity index (χ2v) is 3.74. The zero-order valence-electron chi connectivity index (χ0n) is 8.27. The first-order valence-corrected chi connectivity index (χ1v) is 5.10. The van der Waals surface area contributed by atoms with E-state index in [0.29, 0.717) is 5.75 Å². The first kappa shape index (κ1) is 17.1. The molecule has 2 atom stereocenters. The quantitative estimate of drug-likeness (QED) is 0.398. The molecule has 0 radical (unpaired) electrons. The van der Waals surface area contributed by atoms with E-state index in [4.69, 9.17) is 15.9 Å². The fraction of sp³-hybridized carbons (Fsp3) is 0.714. The molecule has 0 aliphatic heterocycles. The summed E-state index contributed by atoms with van der Waals surface area (Å²) < 4.78 is 0. The summed E-state index contributed by atoms with van der Waals surface area (Å²) >= 11 is 1.20. The Morgan fingerprint density at radius 1 is 1.33 bits per heavy atom. The van der Waals surface area contributed by atoms with Gasteiger partial charge in [-0.2, -0.15) is 11.8 Å². The van der Waals surface area contributed by atoms with Gasteiger partial charge in [-0.05, 0) is 7.05 Å². The van der Waals surface area contributed by atoms with E-state index >= 15 is 0 Å². The molecule has 0 aliphatic carbocycles. The van der Waals surface area contributed by atoms with Crippen molar-refractivity contribution in [3.63, 3.8) is 0 Å². The SMILES string of the molecule is CNC(CSCC(N)C(=O)O)C(=O)O.[SeH2]. The first-order chi connectivity index (χ1) is 6.49. The van der Waals surface area contributed by atoms with Crippen molar-refractivity contribution in [2.45, 2.75) is 12.1 Å². The van der Waals surface area contributed by atoms with Crippen molar-refractivity contribution in [3.8, 4) is 0 Å². The van der Waals surface area contributed by atoms with Crippen molar-refractivity contribution in [2.75, 3.05) is 18.6 Å². The van der Waals surface area contributed by atoms with Gasteiger partial charge in [0.25, 0.3) is 0 Å². The predicted octanol–water partition coefficient (Wildman–Crippen LogP) is -2.11. The van der Waals surface area contributed by atoms with Crippen LogP contribution in [0.25, 0.3) is 0 Å². The topological polar surface area (TPSA) is 113 Å². The van der Waals surface area contributed by atoms with E-state index in [-0.39, 0.29) is 22.8 Å². The molecule has 0 aliphatic rings. The van der Waals surface area contributed by atoms with Gasteiger partial charge in [0.05, 0.1) is 0 Å². The number of hydrogen-bond donors (Lipinski definition) is 4. The summed E-state index contributed by atoms with van der Waals surface area (Å²) in [5.41, 5.74) is 5.23. The molecule has 90 valence electrons. The number of nitrogens with two attached hydrogens (primary N) is 1. The van der Waals surface area contributed by atoms with Crippen molar-refractivity contribution >= 4 is 40.8 Å². The second-order valence-electron chi connectivity index (χ2n) is 2.66. The Balaban J connectivity index is 0. The van der Waals surface area contributed by atoms with Gasteiger partial charge < -0.3 is 21.3 Å². The summed E-state index contributed by atoms with van der Waals surface area (Å²) in [5.74, 6) is -1.52. The summed E-state index contributed by atoms with van der Waals surface area (Å²) in [7, 11) is 1.54. The van der Waals surface area contributed by atoms with E-state index < -0.39 is 24.0 Å². The van der Waals surface area contributed by atoms with Crippen LogP contribution in [0.2, 0.25) is 0 Å². The third-order valence-electron chi connectivity index (χ3n) is 1.55. The van der Waals surface area contributed by atoms with Crippen molar-refractivity contribution in [3.05, 3.63) is 0 Å². The van der Waals surface area contributed by atoms with Crippen molar-refractivity contribution < 1.29 is 19.8 Å². The molecule has 6 nitrogen and oxygen atoms in total. The molecular formula is C7H16N2O4SSe. The number of hydrogen-bond acceptors (Lipinski definition) is 5. The normalized spacial score (nSPS) is 13.7. The van der Waals surface area contributed by atoms with Gasteiger partial charge in [-0.1, -0.05) is 0 Å². The third-order valence-corrected chi connectivity index (χ3v) is 2.71. The molecule has 8 heteroatoms. The molecule has 0 heterocycles. The number of likely N-dealkylation sites (N-methyl/N-ethyl adjacent to an activating group) is 1. The molecule has 0 aromatic rings. The molecule has 2 unspecified atom stereocenters. The van der Waals surface area contributed by atoms with E-state index in [1.165, 1.54) is 18.8 Å². The number of carboxylic acids is 2. The van der Waals surface area contributed by atoms with E-state index in [1.807, 2.05) is 0 Å². The van der Waals surface area contributed by atoms with Crippen LogP contribution in [0.5, 0.6) is 0 Å². The minimum absolute atomic E-state index is 0. The second kappa shape index (κ2) is 8.99. The van der Waals surface area contributed by atoms with E-state index in [1.54, 1.807) is 0 Å². The van der Waals surface area contributed by atoms with Gasteiger partial charge in [0.1, 0.15) is 12.1 Å². The van der Waals surface area contributed by atoms with Gasteiger partial charge in [-0.15, -0.1) is 0 Å². The molecule has 0 aromatic carbocycles. The average molecular weight is 303 g/mol. The van der Waals surface area contributed by atoms with Crippen LogP contribution in [0.15, 0.2) is 0 Å². The molecule has 0 fully saturated rings. The molecule has 0 bridgehead atoms. The third kappa shape index (κ3) is 7.63. The van der Waals surface area contributed by atoms with Gasteiger partial charge >= 0.3 is 29.0 Å². The van der Waals surface area contributed by atoms with Crippen LogP contribution >= 0.6 is 11.8 Å². The molecule has 5 N–H and O–H groups in total. The number of nitrogens with one attached hydrogen (secondary N) is 1. The van der Waals surface area contributed by atoms with Crippen molar-refractivity contribution in [1.29, 1.82) is 0 Å². The van der Waals surface area contributed by atoms with E-state index in [2.05, 4.69) is 5.32 Å². The van der Waals surface area contributed by atoms with Crippen LogP contribution < -0.4 is 11.1 Å². The van der Waals surface area contributed by atoms with Gasteiger partial charge in [0, 0.05) is 11.5 Å². The summed E-state index contributed by atoms with van der Waals surface area (Å²) in [6, 6.07) is -1.60. The molecule has 0 saturated carbocycles. The zero-order chi connectivity index (χ0) is 11.1. The van der Waals surface area contributed by atoms with Gasteiger partial charge in [-0.25, -0.2) is 0 Å². The van der Waals surface area contributed by atoms with E-state index in [9.17, 15) is 9.59 Å². The Kier molecular flexibility index (Phi) is 10.3. The maximum atomic E-state index is 10.5. The summed E-state index contributed by atoms with van der Waals surface area (Å²) in [5, 5.41) is 19.7. The number of carbonyl (C=O) groups is 2. The Hall–Kier alpha value is -0.271. The van der Waals surface area contributed by atoms with Gasteiger partial charge in [0.2, 0.25) is 0 Å². The molecule has 0 spiro atoms. The van der Waals surface area contributed by atoms with Crippen LogP contribution in [0.1, 0.15) is 0 Å². The van der Waals surface area contributed by atoms with Crippen LogP contribution in [-0.4, -0.2) is 69.9 Å². The Labute approximate surface area is 102 Å². The number of thioether (sulfide) groups is 1. The van der Waals surface area contributed by atoms with Crippen molar-refractivity contribution in [1.82, 2.24) is 5.32 Å².